The molecule has 0 saturated heterocycles. The van der Waals surface area contributed by atoms with E-state index in [1.807, 2.05) is 38.1 Å². The van der Waals surface area contributed by atoms with E-state index in [1.165, 1.54) is 4.31 Å². The van der Waals surface area contributed by atoms with E-state index >= 15 is 0 Å². The molecule has 0 bridgehead atoms. The molecule has 0 heterocycles. The number of sulfonamides is 1. The molecule has 0 saturated carbocycles. The smallest absolute Gasteiger partial charge is 0.244 e. The Morgan fingerprint density at radius 3 is 2.29 bits per heavy atom. The Balaban J connectivity index is 2.09. The van der Waals surface area contributed by atoms with E-state index < -0.39 is 16.1 Å². The van der Waals surface area contributed by atoms with Gasteiger partial charge >= 0.3 is 0 Å². The summed E-state index contributed by atoms with van der Waals surface area (Å²) in [4.78, 5) is 12.9. The topological polar surface area (TPSA) is 75.7 Å². The Bertz CT molecular complexity index is 884. The van der Waals surface area contributed by atoms with Crippen molar-refractivity contribution in [3.63, 3.8) is 0 Å². The van der Waals surface area contributed by atoms with Crippen molar-refractivity contribution in [1.82, 2.24) is 5.32 Å². The number of hydrogen-bond donors (Lipinski definition) is 1. The molecule has 1 amide bonds. The minimum absolute atomic E-state index is 0.279. The first-order valence-corrected chi connectivity index (χ1v) is 11.1. The maximum Gasteiger partial charge on any atom is 0.244 e. The second-order valence-corrected chi connectivity index (χ2v) is 8.66. The van der Waals surface area contributed by atoms with Crippen molar-refractivity contribution in [3.8, 4) is 5.75 Å². The van der Waals surface area contributed by atoms with E-state index in [0.717, 1.165) is 17.6 Å². The quantitative estimate of drug-likeness (QED) is 0.697. The summed E-state index contributed by atoms with van der Waals surface area (Å²) in [5.74, 6) is 0.412. The number of hydrogen-bond acceptors (Lipinski definition) is 4. The number of nitrogens with one attached hydrogen (secondary N) is 1. The Hall–Kier alpha value is -2.54. The van der Waals surface area contributed by atoms with Gasteiger partial charge in [0.1, 0.15) is 18.4 Å². The van der Waals surface area contributed by atoms with Gasteiger partial charge in [0.2, 0.25) is 15.9 Å². The number of rotatable bonds is 9. The number of carbonyl (C=O) groups excluding carboxylic acids is 1. The third-order valence-corrected chi connectivity index (χ3v) is 5.49. The molecule has 0 aliphatic carbocycles. The molecule has 0 radical (unpaired) electrons. The van der Waals surface area contributed by atoms with Gasteiger partial charge < -0.3 is 10.1 Å². The van der Waals surface area contributed by atoms with Gasteiger partial charge in [-0.2, -0.15) is 0 Å². The number of anilines is 1. The Kier molecular flexibility index (Phi) is 7.45. The second-order valence-electron chi connectivity index (χ2n) is 6.80. The van der Waals surface area contributed by atoms with Crippen molar-refractivity contribution in [3.05, 3.63) is 60.2 Å². The zero-order valence-corrected chi connectivity index (χ0v) is 17.6. The Morgan fingerprint density at radius 2 is 1.71 bits per heavy atom. The molecular weight excluding hydrogens is 376 g/mol. The summed E-state index contributed by atoms with van der Waals surface area (Å²) in [6, 6.07) is 15.2. The van der Waals surface area contributed by atoms with Crippen molar-refractivity contribution in [2.45, 2.75) is 39.3 Å². The zero-order chi connectivity index (χ0) is 20.7. The lowest BCUT2D eigenvalue weighted by molar-refractivity contribution is -0.123. The highest BCUT2D eigenvalue weighted by molar-refractivity contribution is 7.92. The number of nitrogens with zero attached hydrogens (tertiary/aromatic N) is 1. The fourth-order valence-corrected chi connectivity index (χ4v) is 4.16. The van der Waals surface area contributed by atoms with E-state index in [4.69, 9.17) is 4.74 Å². The van der Waals surface area contributed by atoms with Gasteiger partial charge in [0.15, 0.2) is 0 Å². The second kappa shape index (κ2) is 9.59. The molecule has 2 atom stereocenters. The number of carbonyl (C=O) groups is 1. The highest BCUT2D eigenvalue weighted by Crippen LogP contribution is 2.22. The molecular formula is C21H28N2O4S. The number of amides is 1. The van der Waals surface area contributed by atoms with Gasteiger partial charge in [-0.3, -0.25) is 9.10 Å². The van der Waals surface area contributed by atoms with Gasteiger partial charge in [-0.15, -0.1) is 0 Å². The summed E-state index contributed by atoms with van der Waals surface area (Å²) < 4.78 is 31.7. The standard InChI is InChI=1S/C21H28N2O4S/c1-5-19(23(28(4,25)26)18-12-7-6-8-13-18)21(24)22-17(3)15-27-20-14-10-9-11-16(20)2/h6-14,17,19H,5,15H2,1-4H3,(H,22,24)/t17-,19+/m1/s1. The van der Waals surface area contributed by atoms with Crippen molar-refractivity contribution in [2.75, 3.05) is 17.2 Å². The molecule has 0 fully saturated rings. The molecule has 7 heteroatoms. The van der Waals surface area contributed by atoms with E-state index in [-0.39, 0.29) is 18.6 Å². The molecule has 2 aromatic rings. The number of para-hydroxylation sites is 2. The third kappa shape index (κ3) is 5.73. The molecule has 2 aromatic carbocycles. The number of benzene rings is 2. The maximum absolute atomic E-state index is 12.9. The summed E-state index contributed by atoms with van der Waals surface area (Å²) in [6.45, 7) is 5.86. The van der Waals surface area contributed by atoms with Crippen molar-refractivity contribution < 1.29 is 17.9 Å². The normalized spacial score (nSPS) is 13.4. The third-order valence-electron chi connectivity index (χ3n) is 4.31. The Labute approximate surface area is 167 Å². The molecule has 28 heavy (non-hydrogen) atoms. The predicted octanol–water partition coefficient (Wildman–Crippen LogP) is 3.12. The highest BCUT2D eigenvalue weighted by Gasteiger charge is 2.31. The van der Waals surface area contributed by atoms with Gasteiger partial charge in [-0.25, -0.2) is 8.42 Å². The van der Waals surface area contributed by atoms with Gasteiger partial charge in [-0.05, 0) is 44.0 Å². The van der Waals surface area contributed by atoms with Crippen LogP contribution >= 0.6 is 0 Å². The van der Waals surface area contributed by atoms with Crippen LogP contribution in [0.4, 0.5) is 5.69 Å². The predicted molar refractivity (Wildman–Crippen MR) is 112 cm³/mol. The van der Waals surface area contributed by atoms with Crippen LogP contribution < -0.4 is 14.4 Å². The Morgan fingerprint density at radius 1 is 1.11 bits per heavy atom. The van der Waals surface area contributed by atoms with Crippen molar-refractivity contribution in [2.24, 2.45) is 0 Å². The first-order chi connectivity index (χ1) is 13.2. The molecule has 2 rings (SSSR count). The molecule has 0 aliphatic heterocycles. The summed E-state index contributed by atoms with van der Waals surface area (Å²) >= 11 is 0. The molecule has 152 valence electrons. The van der Waals surface area contributed by atoms with Crippen LogP contribution in [0, 0.1) is 6.92 Å². The lowest BCUT2D eigenvalue weighted by atomic mass is 10.1. The summed E-state index contributed by atoms with van der Waals surface area (Å²) in [5.41, 5.74) is 1.48. The fraction of sp³-hybridized carbons (Fsp3) is 0.381. The zero-order valence-electron chi connectivity index (χ0n) is 16.8. The van der Waals surface area contributed by atoms with Crippen LogP contribution in [0.1, 0.15) is 25.8 Å². The van der Waals surface area contributed by atoms with Crippen molar-refractivity contribution in [1.29, 1.82) is 0 Å². The minimum atomic E-state index is -3.63. The SMILES string of the molecule is CC[C@@H](C(=O)N[C@H](C)COc1ccccc1C)N(c1ccccc1)S(C)(=O)=O. The lowest BCUT2D eigenvalue weighted by Gasteiger charge is -2.31. The van der Waals surface area contributed by atoms with Crippen LogP contribution in [0.3, 0.4) is 0 Å². The van der Waals surface area contributed by atoms with Crippen LogP contribution in [0.15, 0.2) is 54.6 Å². The van der Waals surface area contributed by atoms with Crippen LogP contribution in [-0.2, 0) is 14.8 Å². The lowest BCUT2D eigenvalue weighted by Crippen LogP contribution is -2.52. The van der Waals surface area contributed by atoms with Crippen LogP contribution in [-0.4, -0.2) is 39.3 Å². The van der Waals surface area contributed by atoms with E-state index in [1.54, 1.807) is 37.3 Å². The minimum Gasteiger partial charge on any atom is -0.491 e. The van der Waals surface area contributed by atoms with E-state index in [2.05, 4.69) is 5.32 Å². The molecule has 0 aromatic heterocycles. The monoisotopic (exact) mass is 404 g/mol. The average Bonchev–Trinajstić information content (AvgIpc) is 2.64. The average molecular weight is 405 g/mol. The van der Waals surface area contributed by atoms with Crippen LogP contribution in [0.25, 0.3) is 0 Å². The first kappa shape index (κ1) is 21.8. The van der Waals surface area contributed by atoms with Gasteiger partial charge in [0.05, 0.1) is 18.0 Å². The highest BCUT2D eigenvalue weighted by atomic mass is 32.2. The van der Waals surface area contributed by atoms with E-state index in [0.29, 0.717) is 12.1 Å². The summed E-state index contributed by atoms with van der Waals surface area (Å²) in [5, 5.41) is 2.87. The largest absolute Gasteiger partial charge is 0.491 e. The van der Waals surface area contributed by atoms with Gasteiger partial charge in [0, 0.05) is 0 Å². The number of aryl methyl sites for hydroxylation is 1. The van der Waals surface area contributed by atoms with Crippen LogP contribution in [0.5, 0.6) is 5.75 Å². The molecule has 0 aliphatic rings. The van der Waals surface area contributed by atoms with Gasteiger partial charge in [0.25, 0.3) is 0 Å². The maximum atomic E-state index is 12.9. The molecule has 6 nitrogen and oxygen atoms in total. The summed E-state index contributed by atoms with van der Waals surface area (Å²) in [7, 11) is -3.63. The fourth-order valence-electron chi connectivity index (χ4n) is 2.95. The summed E-state index contributed by atoms with van der Waals surface area (Å²) in [6.07, 6.45) is 1.46. The number of ether oxygens (including phenoxy) is 1. The van der Waals surface area contributed by atoms with Crippen LogP contribution in [0.2, 0.25) is 0 Å². The van der Waals surface area contributed by atoms with Gasteiger partial charge in [-0.1, -0.05) is 43.3 Å². The molecule has 1 N–H and O–H groups in total. The molecule has 0 spiro atoms. The first-order valence-electron chi connectivity index (χ1n) is 9.27. The molecule has 0 unspecified atom stereocenters. The van der Waals surface area contributed by atoms with E-state index in [9.17, 15) is 13.2 Å². The van der Waals surface area contributed by atoms with Crippen molar-refractivity contribution >= 4 is 21.6 Å².